The van der Waals surface area contributed by atoms with Crippen LogP contribution in [-0.2, 0) is 15.3 Å². The van der Waals surface area contributed by atoms with E-state index in [4.69, 9.17) is 0 Å². The van der Waals surface area contributed by atoms with Crippen molar-refractivity contribution in [3.63, 3.8) is 0 Å². The van der Waals surface area contributed by atoms with Crippen LogP contribution in [0.4, 0.5) is 4.39 Å². The van der Waals surface area contributed by atoms with Crippen molar-refractivity contribution in [2.75, 3.05) is 6.26 Å². The molecule has 84 valence electrons. The van der Waals surface area contributed by atoms with Crippen molar-refractivity contribution in [3.8, 4) is 0 Å². The van der Waals surface area contributed by atoms with Gasteiger partial charge in [-0.1, -0.05) is 26.8 Å². The summed E-state index contributed by atoms with van der Waals surface area (Å²) in [6.45, 7) is 5.52. The van der Waals surface area contributed by atoms with E-state index in [9.17, 15) is 12.8 Å². The van der Waals surface area contributed by atoms with Gasteiger partial charge in [-0.3, -0.25) is 0 Å². The lowest BCUT2D eigenvalue weighted by Crippen LogP contribution is -2.16. The standard InChI is InChI=1S/C10H14FNO2S/c1-10(2,3)7-5-6-8(12-9(7)11)15(4,13)14/h5-6H,1-4H3. The molecular weight excluding hydrogens is 217 g/mol. The van der Waals surface area contributed by atoms with Gasteiger partial charge >= 0.3 is 0 Å². The minimum atomic E-state index is -3.44. The highest BCUT2D eigenvalue weighted by Gasteiger charge is 2.21. The van der Waals surface area contributed by atoms with Gasteiger partial charge in [0.2, 0.25) is 5.95 Å². The first-order valence-corrected chi connectivity index (χ1v) is 6.38. The van der Waals surface area contributed by atoms with Crippen LogP contribution in [0, 0.1) is 5.95 Å². The van der Waals surface area contributed by atoms with E-state index in [2.05, 4.69) is 4.98 Å². The number of hydrogen-bond donors (Lipinski definition) is 0. The van der Waals surface area contributed by atoms with E-state index in [-0.39, 0.29) is 10.4 Å². The van der Waals surface area contributed by atoms with Crippen LogP contribution in [0.2, 0.25) is 0 Å². The molecule has 5 heteroatoms. The zero-order valence-electron chi connectivity index (χ0n) is 9.20. The minimum Gasteiger partial charge on any atom is -0.222 e. The van der Waals surface area contributed by atoms with Gasteiger partial charge in [0.15, 0.2) is 14.9 Å². The monoisotopic (exact) mass is 231 g/mol. The molecule has 0 aromatic carbocycles. The van der Waals surface area contributed by atoms with Gasteiger partial charge in [-0.2, -0.15) is 4.39 Å². The molecule has 0 aliphatic rings. The van der Waals surface area contributed by atoms with Crippen molar-refractivity contribution in [2.24, 2.45) is 0 Å². The second kappa shape index (κ2) is 3.56. The lowest BCUT2D eigenvalue weighted by molar-refractivity contribution is 0.489. The number of nitrogens with zero attached hydrogens (tertiary/aromatic N) is 1. The zero-order valence-corrected chi connectivity index (χ0v) is 10.0. The Bertz CT molecular complexity index is 475. The first-order valence-electron chi connectivity index (χ1n) is 4.49. The number of hydrogen-bond acceptors (Lipinski definition) is 3. The van der Waals surface area contributed by atoms with Crippen LogP contribution >= 0.6 is 0 Å². The van der Waals surface area contributed by atoms with Crippen LogP contribution in [0.5, 0.6) is 0 Å². The van der Waals surface area contributed by atoms with Crippen LogP contribution in [-0.4, -0.2) is 19.7 Å². The van der Waals surface area contributed by atoms with Crippen molar-refractivity contribution in [3.05, 3.63) is 23.6 Å². The van der Waals surface area contributed by atoms with Crippen molar-refractivity contribution >= 4 is 9.84 Å². The first-order chi connectivity index (χ1) is 6.62. The summed E-state index contributed by atoms with van der Waals surface area (Å²) in [6.07, 6.45) is 1.01. The maximum absolute atomic E-state index is 13.5. The summed E-state index contributed by atoms with van der Waals surface area (Å²) in [5.41, 5.74) is 0.0301. The summed E-state index contributed by atoms with van der Waals surface area (Å²) in [4.78, 5) is 3.46. The lowest BCUT2D eigenvalue weighted by Gasteiger charge is -2.19. The average molecular weight is 231 g/mol. The Balaban J connectivity index is 3.34. The van der Waals surface area contributed by atoms with Crippen LogP contribution in [0.25, 0.3) is 0 Å². The highest BCUT2D eigenvalue weighted by atomic mass is 32.2. The van der Waals surface area contributed by atoms with Gasteiger partial charge in [0.1, 0.15) is 0 Å². The quantitative estimate of drug-likeness (QED) is 0.694. The fraction of sp³-hybridized carbons (Fsp3) is 0.500. The molecule has 0 fully saturated rings. The Morgan fingerprint density at radius 3 is 2.13 bits per heavy atom. The van der Waals surface area contributed by atoms with Crippen molar-refractivity contribution < 1.29 is 12.8 Å². The molecule has 0 saturated heterocycles. The fourth-order valence-corrected chi connectivity index (χ4v) is 1.74. The Hall–Kier alpha value is -0.970. The summed E-state index contributed by atoms with van der Waals surface area (Å²) >= 11 is 0. The molecule has 0 bridgehead atoms. The molecule has 0 N–H and O–H groups in total. The predicted molar refractivity (Wildman–Crippen MR) is 56.0 cm³/mol. The first kappa shape index (κ1) is 12.1. The van der Waals surface area contributed by atoms with Gasteiger partial charge in [0.05, 0.1) is 0 Å². The van der Waals surface area contributed by atoms with E-state index in [0.29, 0.717) is 5.56 Å². The number of rotatable bonds is 1. The second-order valence-corrected chi connectivity index (χ2v) is 6.47. The van der Waals surface area contributed by atoms with Gasteiger partial charge in [-0.05, 0) is 11.5 Å². The Labute approximate surface area is 89.3 Å². The maximum atomic E-state index is 13.5. The van der Waals surface area contributed by atoms with Crippen molar-refractivity contribution in [1.29, 1.82) is 0 Å². The molecule has 1 heterocycles. The predicted octanol–water partition coefficient (Wildman–Crippen LogP) is 1.92. The average Bonchev–Trinajstić information content (AvgIpc) is 1.99. The number of pyridine rings is 1. The largest absolute Gasteiger partial charge is 0.222 e. The summed E-state index contributed by atoms with van der Waals surface area (Å²) in [5.74, 6) is -0.717. The van der Waals surface area contributed by atoms with E-state index in [0.717, 1.165) is 6.26 Å². The summed E-state index contributed by atoms with van der Waals surface area (Å²) in [7, 11) is -3.44. The van der Waals surface area contributed by atoms with Crippen LogP contribution in [0.3, 0.4) is 0 Å². The molecule has 0 radical (unpaired) electrons. The van der Waals surface area contributed by atoms with Crippen LogP contribution in [0.1, 0.15) is 26.3 Å². The Kier molecular flexibility index (Phi) is 2.87. The van der Waals surface area contributed by atoms with Crippen molar-refractivity contribution in [1.82, 2.24) is 4.98 Å². The van der Waals surface area contributed by atoms with Gasteiger partial charge in [0, 0.05) is 11.8 Å². The third-order valence-corrected chi connectivity index (χ3v) is 3.00. The Morgan fingerprint density at radius 1 is 1.27 bits per heavy atom. The molecule has 0 atom stereocenters. The van der Waals surface area contributed by atoms with E-state index < -0.39 is 15.8 Å². The smallest absolute Gasteiger partial charge is 0.217 e. The third kappa shape index (κ3) is 2.75. The van der Waals surface area contributed by atoms with Crippen LogP contribution < -0.4 is 0 Å². The molecule has 0 spiro atoms. The highest BCUT2D eigenvalue weighted by molar-refractivity contribution is 7.90. The molecule has 1 aromatic rings. The number of aromatic nitrogens is 1. The van der Waals surface area contributed by atoms with Gasteiger partial charge in [-0.15, -0.1) is 0 Å². The molecule has 0 unspecified atom stereocenters. The maximum Gasteiger partial charge on any atom is 0.217 e. The molecule has 3 nitrogen and oxygen atoms in total. The fourth-order valence-electron chi connectivity index (χ4n) is 1.18. The van der Waals surface area contributed by atoms with E-state index >= 15 is 0 Å². The summed E-state index contributed by atoms with van der Waals surface area (Å²) in [5, 5.41) is -0.229. The second-order valence-electron chi connectivity index (χ2n) is 4.51. The summed E-state index contributed by atoms with van der Waals surface area (Å²) < 4.78 is 35.7. The molecule has 0 aliphatic heterocycles. The van der Waals surface area contributed by atoms with Crippen LogP contribution in [0.15, 0.2) is 17.2 Å². The van der Waals surface area contributed by atoms with Gasteiger partial charge < -0.3 is 0 Å². The molecule has 1 aromatic heterocycles. The molecule has 0 amide bonds. The molecular formula is C10H14FNO2S. The number of halogens is 1. The normalized spacial score (nSPS) is 12.9. The minimum absolute atomic E-state index is 0.229. The topological polar surface area (TPSA) is 47.0 Å². The third-order valence-electron chi connectivity index (χ3n) is 2.01. The number of sulfone groups is 1. The van der Waals surface area contributed by atoms with Crippen molar-refractivity contribution in [2.45, 2.75) is 31.2 Å². The molecule has 1 rings (SSSR count). The zero-order chi connectivity index (χ0) is 11.9. The molecule has 0 aliphatic carbocycles. The SMILES string of the molecule is CC(C)(C)c1ccc(S(C)(=O)=O)nc1F. The lowest BCUT2D eigenvalue weighted by atomic mass is 9.88. The van der Waals surface area contributed by atoms with E-state index in [1.54, 1.807) is 0 Å². The molecule has 0 saturated carbocycles. The van der Waals surface area contributed by atoms with Gasteiger partial charge in [-0.25, -0.2) is 13.4 Å². The van der Waals surface area contributed by atoms with Gasteiger partial charge in [0.25, 0.3) is 0 Å². The van der Waals surface area contributed by atoms with E-state index in [1.165, 1.54) is 12.1 Å². The van der Waals surface area contributed by atoms with E-state index in [1.807, 2.05) is 20.8 Å². The Morgan fingerprint density at radius 2 is 1.80 bits per heavy atom. The molecule has 15 heavy (non-hydrogen) atoms. The highest BCUT2D eigenvalue weighted by Crippen LogP contribution is 2.24. The summed E-state index contributed by atoms with van der Waals surface area (Å²) in [6, 6.07) is 2.80.